The highest BCUT2D eigenvalue weighted by Crippen LogP contribution is 2.31. The van der Waals surface area contributed by atoms with Crippen LogP contribution >= 0.6 is 0 Å². The first kappa shape index (κ1) is 28.6. The predicted octanol–water partition coefficient (Wildman–Crippen LogP) is 4.01. The minimum Gasteiger partial charge on any atom is -0.444 e. The molecule has 4 amide bonds. The first-order valence-corrected chi connectivity index (χ1v) is 16.5. The van der Waals surface area contributed by atoms with Crippen LogP contribution in [0.3, 0.4) is 0 Å². The van der Waals surface area contributed by atoms with E-state index in [0.717, 1.165) is 22.1 Å². The smallest absolute Gasteiger partial charge is 0.407 e. The summed E-state index contributed by atoms with van der Waals surface area (Å²) < 4.78 is 10.9. The maximum absolute atomic E-state index is 13.3. The van der Waals surface area contributed by atoms with Crippen LogP contribution in [0.25, 0.3) is 6.08 Å². The summed E-state index contributed by atoms with van der Waals surface area (Å²) in [6.07, 6.45) is 3.62. The van der Waals surface area contributed by atoms with Gasteiger partial charge in [0.25, 0.3) is 11.8 Å². The van der Waals surface area contributed by atoms with Gasteiger partial charge in [0.2, 0.25) is 5.91 Å². The lowest BCUT2D eigenvalue weighted by molar-refractivity contribution is -0.158. The number of hydrogen-bond acceptors (Lipinski definition) is 6. The zero-order chi connectivity index (χ0) is 27.4. The van der Waals surface area contributed by atoms with Crippen LogP contribution in [0.15, 0.2) is 24.3 Å². The van der Waals surface area contributed by atoms with Gasteiger partial charge in [0.15, 0.2) is 0 Å². The molecule has 2 heterocycles. The molecule has 1 N–H and O–H groups in total. The largest absolute Gasteiger partial charge is 0.444 e. The van der Waals surface area contributed by atoms with Gasteiger partial charge in [-0.2, -0.15) is 0 Å². The predicted molar refractivity (Wildman–Crippen MR) is 143 cm³/mol. The minimum absolute atomic E-state index is 0.0771. The summed E-state index contributed by atoms with van der Waals surface area (Å²) in [6.45, 7) is 13.1. The first-order valence-electron chi connectivity index (χ1n) is 12.7. The fourth-order valence-corrected chi connectivity index (χ4v) is 4.97. The normalized spacial score (nSPS) is 18.5. The van der Waals surface area contributed by atoms with E-state index < -0.39 is 25.8 Å². The summed E-state index contributed by atoms with van der Waals surface area (Å²) in [6, 6.07) is 5.68. The molecule has 202 valence electrons. The number of ether oxygens (including phenoxy) is 2. The lowest BCUT2D eigenvalue weighted by Gasteiger charge is -2.35. The van der Waals surface area contributed by atoms with E-state index in [1.165, 1.54) is 0 Å². The van der Waals surface area contributed by atoms with Crippen LogP contribution in [0.2, 0.25) is 25.7 Å². The number of nitrogens with one attached hydrogen (secondary N) is 1. The Bertz CT molecular complexity index is 1070. The Morgan fingerprint density at radius 2 is 1.92 bits per heavy atom. The van der Waals surface area contributed by atoms with Gasteiger partial charge in [-0.3, -0.25) is 19.3 Å². The van der Waals surface area contributed by atoms with Crippen LogP contribution in [-0.2, 0) is 25.6 Å². The van der Waals surface area contributed by atoms with Gasteiger partial charge < -0.3 is 19.7 Å². The highest BCUT2D eigenvalue weighted by molar-refractivity contribution is 6.76. The Balaban J connectivity index is 1.64. The Labute approximate surface area is 220 Å². The van der Waals surface area contributed by atoms with Crippen LogP contribution in [0.5, 0.6) is 0 Å². The third kappa shape index (κ3) is 7.75. The molecule has 2 aliphatic heterocycles. The van der Waals surface area contributed by atoms with E-state index in [1.54, 1.807) is 43.9 Å². The maximum atomic E-state index is 13.3. The Hall–Kier alpha value is -2.98. The zero-order valence-corrected chi connectivity index (χ0v) is 23.8. The lowest BCUT2D eigenvalue weighted by atomic mass is 10.0. The van der Waals surface area contributed by atoms with E-state index in [4.69, 9.17) is 9.47 Å². The minimum atomic E-state index is -1.29. The van der Waals surface area contributed by atoms with Crippen molar-refractivity contribution in [2.45, 2.75) is 77.5 Å². The Morgan fingerprint density at radius 3 is 2.59 bits per heavy atom. The van der Waals surface area contributed by atoms with Crippen molar-refractivity contribution in [2.24, 2.45) is 0 Å². The first-order chi connectivity index (χ1) is 17.3. The van der Waals surface area contributed by atoms with Crippen LogP contribution < -0.4 is 5.32 Å². The molecule has 1 atom stereocenters. The fraction of sp³-hybridized carbons (Fsp3) is 0.556. The zero-order valence-electron chi connectivity index (χ0n) is 22.8. The standard InChI is InChI=1S/C27H39N3O6Si/c1-27(2,3)36-26(34)28-14-8-10-19-9-7-11-20-21(19)17-29(24(20)32)22-12-13-23(31)30(25(22)33)18-35-15-16-37(4,5)6/h7-11,22H,12-18H2,1-6H3,(H,28,34)/b10-8+. The van der Waals surface area contributed by atoms with Crippen molar-refractivity contribution in [1.29, 1.82) is 0 Å². The summed E-state index contributed by atoms with van der Waals surface area (Å²) in [5, 5.41) is 2.67. The molecule has 9 nitrogen and oxygen atoms in total. The number of piperidine rings is 1. The molecular weight excluding hydrogens is 490 g/mol. The third-order valence-electron chi connectivity index (χ3n) is 6.17. The summed E-state index contributed by atoms with van der Waals surface area (Å²) in [4.78, 5) is 53.5. The number of hydrogen-bond donors (Lipinski definition) is 1. The van der Waals surface area contributed by atoms with Crippen molar-refractivity contribution >= 4 is 38.0 Å². The quantitative estimate of drug-likeness (QED) is 0.294. The molecule has 1 unspecified atom stereocenters. The summed E-state index contributed by atoms with van der Waals surface area (Å²) >= 11 is 0. The number of carbonyl (C=O) groups is 4. The number of amides is 4. The highest BCUT2D eigenvalue weighted by Gasteiger charge is 2.43. The van der Waals surface area contributed by atoms with E-state index in [0.29, 0.717) is 18.6 Å². The molecule has 1 aromatic rings. The van der Waals surface area contributed by atoms with Crippen molar-refractivity contribution in [3.8, 4) is 0 Å². The number of rotatable bonds is 9. The van der Waals surface area contributed by atoms with Gasteiger partial charge in [-0.15, -0.1) is 0 Å². The fourth-order valence-electron chi connectivity index (χ4n) is 4.21. The number of benzene rings is 1. The molecule has 3 rings (SSSR count). The maximum Gasteiger partial charge on any atom is 0.407 e. The average molecular weight is 530 g/mol. The van der Waals surface area contributed by atoms with Gasteiger partial charge >= 0.3 is 6.09 Å². The Morgan fingerprint density at radius 1 is 1.19 bits per heavy atom. The molecule has 0 aromatic heterocycles. The molecular formula is C27H39N3O6Si. The summed E-state index contributed by atoms with van der Waals surface area (Å²) in [5.41, 5.74) is 1.63. The number of nitrogens with zero attached hydrogens (tertiary/aromatic N) is 2. The summed E-state index contributed by atoms with van der Waals surface area (Å²) in [7, 11) is -1.29. The van der Waals surface area contributed by atoms with Crippen molar-refractivity contribution in [2.75, 3.05) is 19.9 Å². The number of fused-ring (bicyclic) bond motifs is 1. The second-order valence-corrected chi connectivity index (χ2v) is 17.3. The molecule has 0 bridgehead atoms. The number of imide groups is 1. The van der Waals surface area contributed by atoms with Gasteiger partial charge in [0, 0.05) is 39.8 Å². The van der Waals surface area contributed by atoms with Gasteiger partial charge in [0.05, 0.1) is 0 Å². The lowest BCUT2D eigenvalue weighted by Crippen LogP contribution is -2.55. The van der Waals surface area contributed by atoms with Crippen molar-refractivity contribution < 1.29 is 28.7 Å². The van der Waals surface area contributed by atoms with Gasteiger partial charge in [0.1, 0.15) is 18.4 Å². The molecule has 1 saturated heterocycles. The number of carbonyl (C=O) groups excluding carboxylic acids is 4. The van der Waals surface area contributed by atoms with Crippen LogP contribution in [0.1, 0.15) is 55.1 Å². The Kier molecular flexibility index (Phi) is 8.96. The van der Waals surface area contributed by atoms with Crippen molar-refractivity contribution in [1.82, 2.24) is 15.1 Å². The molecule has 0 saturated carbocycles. The molecule has 0 aliphatic carbocycles. The third-order valence-corrected chi connectivity index (χ3v) is 7.87. The monoisotopic (exact) mass is 529 g/mol. The molecule has 0 spiro atoms. The van der Waals surface area contributed by atoms with Crippen molar-refractivity contribution in [3.05, 3.63) is 41.0 Å². The second-order valence-electron chi connectivity index (χ2n) is 11.7. The number of likely N-dealkylation sites (tertiary alicyclic amines) is 1. The van der Waals surface area contributed by atoms with Gasteiger partial charge in [-0.05, 0) is 50.4 Å². The average Bonchev–Trinajstić information content (AvgIpc) is 3.11. The van der Waals surface area contributed by atoms with E-state index in [1.807, 2.05) is 12.1 Å². The van der Waals surface area contributed by atoms with E-state index in [9.17, 15) is 19.2 Å². The van der Waals surface area contributed by atoms with E-state index in [2.05, 4.69) is 25.0 Å². The molecule has 2 aliphatic rings. The molecule has 37 heavy (non-hydrogen) atoms. The van der Waals surface area contributed by atoms with Crippen LogP contribution in [0, 0.1) is 0 Å². The molecule has 1 fully saturated rings. The SMILES string of the molecule is CC(C)(C)OC(=O)NC/C=C/c1cccc2c1CN(C1CCC(=O)N(COCC[Si](C)(C)C)C1=O)C2=O. The topological polar surface area (TPSA) is 105 Å². The van der Waals surface area contributed by atoms with Crippen LogP contribution in [0.4, 0.5) is 4.79 Å². The summed E-state index contributed by atoms with van der Waals surface area (Å²) in [5.74, 6) is -0.868. The molecule has 0 radical (unpaired) electrons. The molecule has 1 aromatic carbocycles. The van der Waals surface area contributed by atoms with Crippen LogP contribution in [-0.4, -0.2) is 73.2 Å². The highest BCUT2D eigenvalue weighted by atomic mass is 28.3. The van der Waals surface area contributed by atoms with E-state index >= 15 is 0 Å². The van der Waals surface area contributed by atoms with Crippen molar-refractivity contribution in [3.63, 3.8) is 0 Å². The molecule has 10 heteroatoms. The van der Waals surface area contributed by atoms with E-state index in [-0.39, 0.29) is 44.0 Å². The van der Waals surface area contributed by atoms with Gasteiger partial charge in [-0.25, -0.2) is 4.79 Å². The number of alkyl carbamates (subject to hydrolysis) is 1. The second kappa shape index (κ2) is 11.6. The van der Waals surface area contributed by atoms with Gasteiger partial charge in [-0.1, -0.05) is 43.9 Å².